The molecule has 0 aromatic heterocycles. The van der Waals surface area contributed by atoms with Crippen LogP contribution in [0.15, 0.2) is 97.2 Å². The molecule has 0 aliphatic heterocycles. The van der Waals surface area contributed by atoms with Crippen LogP contribution >= 0.6 is 0 Å². The van der Waals surface area contributed by atoms with E-state index in [0.29, 0.717) is 19.3 Å². The highest BCUT2D eigenvalue weighted by Crippen LogP contribution is 2.13. The molecule has 340 valence electrons. The van der Waals surface area contributed by atoms with Crippen LogP contribution in [0.1, 0.15) is 162 Å². The number of carboxylic acids is 1. The summed E-state index contributed by atoms with van der Waals surface area (Å²) in [7, 11) is 5.50. The number of nitrogens with zero attached hydrogens (tertiary/aromatic N) is 1. The maximum absolute atomic E-state index is 12.7. The lowest BCUT2D eigenvalue weighted by molar-refractivity contribution is -0.887. The van der Waals surface area contributed by atoms with E-state index in [1.807, 2.05) is 21.1 Å². The van der Waals surface area contributed by atoms with Crippen LogP contribution in [0.4, 0.5) is 0 Å². The first-order chi connectivity index (χ1) is 29.1. The Morgan fingerprint density at radius 1 is 0.533 bits per heavy atom. The van der Waals surface area contributed by atoms with Gasteiger partial charge in [0.15, 0.2) is 12.1 Å². The van der Waals surface area contributed by atoms with Gasteiger partial charge >= 0.3 is 17.9 Å². The summed E-state index contributed by atoms with van der Waals surface area (Å²) < 4.78 is 17.2. The topological polar surface area (TPSA) is 99.1 Å². The van der Waals surface area contributed by atoms with E-state index in [9.17, 15) is 19.5 Å². The fourth-order valence-corrected chi connectivity index (χ4v) is 6.17. The molecule has 1 N–H and O–H groups in total. The summed E-state index contributed by atoms with van der Waals surface area (Å²) in [5.41, 5.74) is 0. The van der Waals surface area contributed by atoms with E-state index in [1.165, 1.54) is 44.9 Å². The number of unbranched alkanes of at least 4 members (excludes halogenated alkanes) is 12. The summed E-state index contributed by atoms with van der Waals surface area (Å²) in [6, 6.07) is -0.630. The average molecular weight is 837 g/mol. The van der Waals surface area contributed by atoms with Gasteiger partial charge in [-0.1, -0.05) is 156 Å². The molecule has 0 radical (unpaired) electrons. The third kappa shape index (κ3) is 39.7. The van der Waals surface area contributed by atoms with Crippen molar-refractivity contribution >= 4 is 17.9 Å². The molecule has 8 nitrogen and oxygen atoms in total. The maximum atomic E-state index is 12.7. The molecule has 0 aliphatic rings. The van der Waals surface area contributed by atoms with Gasteiger partial charge in [0.05, 0.1) is 34.4 Å². The second-order valence-electron chi connectivity index (χ2n) is 16.3. The molecule has 0 bridgehead atoms. The number of rotatable bonds is 40. The van der Waals surface area contributed by atoms with Gasteiger partial charge in [-0.25, -0.2) is 4.79 Å². The molecule has 0 fully saturated rings. The Morgan fingerprint density at radius 3 is 1.55 bits per heavy atom. The van der Waals surface area contributed by atoms with Gasteiger partial charge in [-0.2, -0.15) is 0 Å². The molecule has 0 aliphatic carbocycles. The van der Waals surface area contributed by atoms with Crippen molar-refractivity contribution in [3.63, 3.8) is 0 Å². The monoisotopic (exact) mass is 837 g/mol. The van der Waals surface area contributed by atoms with Gasteiger partial charge in [0.25, 0.3) is 0 Å². The molecule has 0 aromatic rings. The van der Waals surface area contributed by atoms with Gasteiger partial charge < -0.3 is 23.8 Å². The second kappa shape index (κ2) is 42.0. The Balaban J connectivity index is 4.44. The lowest BCUT2D eigenvalue weighted by atomic mass is 10.1. The number of likely N-dealkylation sites (N-methyl/N-ethyl adjacent to an activating group) is 1. The molecular weight excluding hydrogens is 751 g/mol. The number of carbonyl (C=O) groups excluding carboxylic acids is 2. The summed E-state index contributed by atoms with van der Waals surface area (Å²) in [5.74, 6) is -1.55. The van der Waals surface area contributed by atoms with Crippen molar-refractivity contribution in [3.05, 3.63) is 97.2 Å². The summed E-state index contributed by atoms with van der Waals surface area (Å²) in [4.78, 5) is 37.0. The molecule has 0 amide bonds. The number of esters is 2. The lowest BCUT2D eigenvalue weighted by Gasteiger charge is -2.31. The predicted octanol–water partition coefficient (Wildman–Crippen LogP) is 13.1. The summed E-state index contributed by atoms with van der Waals surface area (Å²) >= 11 is 0. The zero-order valence-electron chi connectivity index (χ0n) is 38.6. The highest BCUT2D eigenvalue weighted by Gasteiger charge is 2.31. The number of carbonyl (C=O) groups is 3. The van der Waals surface area contributed by atoms with Crippen molar-refractivity contribution in [1.29, 1.82) is 0 Å². The molecule has 0 saturated heterocycles. The van der Waals surface area contributed by atoms with Crippen molar-refractivity contribution < 1.29 is 38.2 Å². The number of aliphatic carboxylic acids is 1. The van der Waals surface area contributed by atoms with Crippen LogP contribution in [-0.4, -0.2) is 80.6 Å². The first-order valence-electron chi connectivity index (χ1n) is 23.3. The summed E-state index contributed by atoms with van der Waals surface area (Å²) in [6.07, 6.45) is 55.9. The molecule has 0 heterocycles. The average Bonchev–Trinajstić information content (AvgIpc) is 3.21. The minimum Gasteiger partial charge on any atom is -0.477 e. The molecule has 0 spiro atoms. The highest BCUT2D eigenvalue weighted by molar-refractivity contribution is 5.72. The Bertz CT molecular complexity index is 1300. The van der Waals surface area contributed by atoms with Gasteiger partial charge in [0.2, 0.25) is 0 Å². The number of ether oxygens (including phenoxy) is 3. The van der Waals surface area contributed by atoms with Crippen molar-refractivity contribution in [2.24, 2.45) is 0 Å². The number of carboxylic acid groups (broad SMARTS) is 1. The van der Waals surface area contributed by atoms with E-state index in [1.54, 1.807) is 0 Å². The third-order valence-corrected chi connectivity index (χ3v) is 9.78. The Hall–Kier alpha value is -3.75. The zero-order chi connectivity index (χ0) is 44.2. The summed E-state index contributed by atoms with van der Waals surface area (Å²) in [6.45, 7) is 4.50. The maximum Gasteiger partial charge on any atom is 0.362 e. The van der Waals surface area contributed by atoms with Gasteiger partial charge in [0.1, 0.15) is 6.61 Å². The second-order valence-corrected chi connectivity index (χ2v) is 16.3. The Kier molecular flexibility index (Phi) is 39.3. The Labute approximate surface area is 366 Å². The minimum absolute atomic E-state index is 0.0332. The van der Waals surface area contributed by atoms with Crippen molar-refractivity contribution in [2.75, 3.05) is 41.0 Å². The molecule has 60 heavy (non-hydrogen) atoms. The zero-order valence-corrected chi connectivity index (χ0v) is 38.6. The van der Waals surface area contributed by atoms with Crippen LogP contribution in [0.25, 0.3) is 0 Å². The van der Waals surface area contributed by atoms with Crippen molar-refractivity contribution in [3.8, 4) is 0 Å². The van der Waals surface area contributed by atoms with E-state index in [-0.39, 0.29) is 42.7 Å². The van der Waals surface area contributed by atoms with Crippen LogP contribution in [-0.2, 0) is 28.6 Å². The third-order valence-electron chi connectivity index (χ3n) is 9.78. The molecule has 2 unspecified atom stereocenters. The SMILES string of the molecule is CC/C=C/C=C/C=C/CCCCCCCCCC(=O)OCC(COCCC(C(=O)O)[N+](C)(C)C)OC(=O)CCCC/C=C/C/C=C/C/C=C/C/C=C/C/C=C/CCCCC. The smallest absolute Gasteiger partial charge is 0.362 e. The van der Waals surface area contributed by atoms with E-state index in [0.717, 1.165) is 77.0 Å². The van der Waals surface area contributed by atoms with Crippen LogP contribution in [0, 0.1) is 0 Å². The van der Waals surface area contributed by atoms with Gasteiger partial charge in [-0.3, -0.25) is 9.59 Å². The highest BCUT2D eigenvalue weighted by atomic mass is 16.6. The molecule has 2 atom stereocenters. The number of hydrogen-bond donors (Lipinski definition) is 1. The van der Waals surface area contributed by atoms with E-state index >= 15 is 0 Å². The fraction of sp³-hybridized carbons (Fsp3) is 0.635. The normalized spacial score (nSPS) is 13.8. The Morgan fingerprint density at radius 2 is 1.00 bits per heavy atom. The molecular formula is C52H86NO7+. The predicted molar refractivity (Wildman–Crippen MR) is 252 cm³/mol. The van der Waals surface area contributed by atoms with Gasteiger partial charge in [-0.05, 0) is 83.5 Å². The standard InChI is InChI=1S/C52H85NO7/c1-6-8-10-12-14-16-18-20-22-23-24-25-26-27-29-31-33-35-37-39-41-43-51(55)60-48(46-58-45-44-49(52(56)57)53(3,4)5)47-59-50(54)42-40-38-36-34-32-30-28-21-19-17-15-13-11-9-7-2/h9,11,13-17,19-20,22,24-25,27,29,33,35,48-49H,6-8,10,12,18,21,23,26,28,30-32,34,36-47H2,1-5H3/p+1/b11-9+,15-13+,16-14+,19-17+,22-20+,25-24+,29-27+,35-33+. The molecule has 0 aromatic carbocycles. The van der Waals surface area contributed by atoms with Crippen molar-refractivity contribution in [1.82, 2.24) is 0 Å². The molecule has 0 rings (SSSR count). The van der Waals surface area contributed by atoms with Crippen molar-refractivity contribution in [2.45, 2.75) is 174 Å². The lowest BCUT2D eigenvalue weighted by Crippen LogP contribution is -2.50. The molecule has 8 heteroatoms. The largest absolute Gasteiger partial charge is 0.477 e. The van der Waals surface area contributed by atoms with E-state index < -0.39 is 18.1 Å². The van der Waals surface area contributed by atoms with Crippen LogP contribution in [0.5, 0.6) is 0 Å². The first kappa shape index (κ1) is 56.2. The molecule has 0 saturated carbocycles. The fourth-order valence-electron chi connectivity index (χ4n) is 6.17. The minimum atomic E-state index is -0.888. The van der Waals surface area contributed by atoms with Crippen LogP contribution < -0.4 is 0 Å². The quantitative estimate of drug-likeness (QED) is 0.0216. The van der Waals surface area contributed by atoms with Crippen LogP contribution in [0.3, 0.4) is 0 Å². The summed E-state index contributed by atoms with van der Waals surface area (Å²) in [5, 5.41) is 9.63. The number of allylic oxidation sites excluding steroid dienone is 16. The van der Waals surface area contributed by atoms with Gasteiger partial charge in [0, 0.05) is 19.3 Å². The number of quaternary nitrogens is 1. The van der Waals surface area contributed by atoms with E-state index in [4.69, 9.17) is 14.2 Å². The van der Waals surface area contributed by atoms with E-state index in [2.05, 4.69) is 111 Å². The van der Waals surface area contributed by atoms with Gasteiger partial charge in [-0.15, -0.1) is 0 Å². The van der Waals surface area contributed by atoms with Crippen LogP contribution in [0.2, 0.25) is 0 Å². The number of hydrogen-bond acceptors (Lipinski definition) is 6. The first-order valence-corrected chi connectivity index (χ1v) is 23.3.